The lowest BCUT2D eigenvalue weighted by Gasteiger charge is -2.26. The predicted molar refractivity (Wildman–Crippen MR) is 90.7 cm³/mol. The molecule has 25 heavy (non-hydrogen) atoms. The van der Waals surface area contributed by atoms with E-state index in [1.807, 2.05) is 12.1 Å². The Kier molecular flexibility index (Phi) is 4.48. The first kappa shape index (κ1) is 16.2. The van der Waals surface area contributed by atoms with Crippen LogP contribution in [-0.2, 0) is 4.79 Å². The topological polar surface area (TPSA) is 71.1 Å². The van der Waals surface area contributed by atoms with Crippen LogP contribution in [0.2, 0.25) is 0 Å². The highest BCUT2D eigenvalue weighted by Gasteiger charge is 2.32. The molecule has 3 amide bonds. The molecule has 134 valence electrons. The molecule has 2 saturated heterocycles. The van der Waals surface area contributed by atoms with Crippen LogP contribution in [0.5, 0.6) is 11.5 Å². The number of rotatable bonds is 3. The van der Waals surface area contributed by atoms with Crippen molar-refractivity contribution in [1.29, 1.82) is 0 Å². The third kappa shape index (κ3) is 3.28. The molecule has 1 atom stereocenters. The molecule has 7 heteroatoms. The molecule has 1 aromatic carbocycles. The van der Waals surface area contributed by atoms with Gasteiger partial charge in [-0.2, -0.15) is 0 Å². The van der Waals surface area contributed by atoms with Crippen molar-refractivity contribution in [2.75, 3.05) is 39.4 Å². The molecule has 3 aliphatic heterocycles. The summed E-state index contributed by atoms with van der Waals surface area (Å²) in [6.45, 7) is 3.46. The highest BCUT2D eigenvalue weighted by atomic mass is 16.5. The van der Waals surface area contributed by atoms with Crippen molar-refractivity contribution in [3.8, 4) is 11.5 Å². The van der Waals surface area contributed by atoms with Crippen LogP contribution in [-0.4, -0.2) is 61.1 Å². The van der Waals surface area contributed by atoms with Gasteiger partial charge in [-0.15, -0.1) is 0 Å². The molecule has 4 rings (SSSR count). The standard InChI is InChI=1S/C18H23N3O4/c22-17(21-8-6-19-18(21)23)12-20-7-1-3-14(20)13-4-5-15-16(11-13)25-10-2-9-24-15/h4-5,11,14H,1-3,6-10,12H2,(H,19,23)/t14-/m1/s1. The maximum Gasteiger partial charge on any atom is 0.324 e. The van der Waals surface area contributed by atoms with Crippen LogP contribution >= 0.6 is 0 Å². The molecular formula is C18H23N3O4. The molecule has 2 fully saturated rings. The van der Waals surface area contributed by atoms with Crippen molar-refractivity contribution < 1.29 is 19.1 Å². The van der Waals surface area contributed by atoms with Gasteiger partial charge in [-0.3, -0.25) is 14.6 Å². The van der Waals surface area contributed by atoms with Gasteiger partial charge in [0.15, 0.2) is 11.5 Å². The van der Waals surface area contributed by atoms with E-state index in [2.05, 4.69) is 16.3 Å². The Labute approximate surface area is 146 Å². The van der Waals surface area contributed by atoms with Gasteiger partial charge in [-0.25, -0.2) is 4.79 Å². The van der Waals surface area contributed by atoms with Crippen LogP contribution in [0.15, 0.2) is 18.2 Å². The number of nitrogens with zero attached hydrogens (tertiary/aromatic N) is 2. The molecule has 0 bridgehead atoms. The maximum atomic E-state index is 12.4. The number of nitrogens with one attached hydrogen (secondary N) is 1. The third-order valence-corrected chi connectivity index (χ3v) is 5.02. The molecule has 3 aliphatic rings. The summed E-state index contributed by atoms with van der Waals surface area (Å²) < 4.78 is 11.5. The van der Waals surface area contributed by atoms with Gasteiger partial charge in [0.2, 0.25) is 5.91 Å². The quantitative estimate of drug-likeness (QED) is 0.900. The Morgan fingerprint density at radius 1 is 1.16 bits per heavy atom. The highest BCUT2D eigenvalue weighted by Crippen LogP contribution is 2.37. The van der Waals surface area contributed by atoms with Crippen LogP contribution in [0.1, 0.15) is 30.9 Å². The fourth-order valence-corrected chi connectivity index (χ4v) is 3.75. The molecule has 1 N–H and O–H groups in total. The van der Waals surface area contributed by atoms with Gasteiger partial charge in [0, 0.05) is 25.6 Å². The summed E-state index contributed by atoms with van der Waals surface area (Å²) in [5, 5.41) is 2.68. The molecular weight excluding hydrogens is 322 g/mol. The Hall–Kier alpha value is -2.28. The van der Waals surface area contributed by atoms with Crippen LogP contribution in [0.25, 0.3) is 0 Å². The van der Waals surface area contributed by atoms with E-state index in [0.717, 1.165) is 42.9 Å². The second-order valence-corrected chi connectivity index (χ2v) is 6.66. The minimum Gasteiger partial charge on any atom is -0.490 e. The van der Waals surface area contributed by atoms with Gasteiger partial charge in [-0.05, 0) is 37.1 Å². The van der Waals surface area contributed by atoms with Crippen molar-refractivity contribution in [1.82, 2.24) is 15.1 Å². The smallest absolute Gasteiger partial charge is 0.324 e. The number of fused-ring (bicyclic) bond motifs is 1. The largest absolute Gasteiger partial charge is 0.490 e. The Balaban J connectivity index is 1.48. The molecule has 1 aromatic rings. The lowest BCUT2D eigenvalue weighted by Crippen LogP contribution is -2.41. The number of likely N-dealkylation sites (tertiary alicyclic amines) is 1. The van der Waals surface area contributed by atoms with E-state index < -0.39 is 0 Å². The summed E-state index contributed by atoms with van der Waals surface area (Å²) >= 11 is 0. The Morgan fingerprint density at radius 3 is 2.80 bits per heavy atom. The normalized spacial score (nSPS) is 23.4. The van der Waals surface area contributed by atoms with Crippen LogP contribution in [0.4, 0.5) is 4.79 Å². The second kappa shape index (κ2) is 6.92. The highest BCUT2D eigenvalue weighted by molar-refractivity contribution is 5.96. The first-order chi connectivity index (χ1) is 12.2. The zero-order valence-corrected chi connectivity index (χ0v) is 14.2. The average molecular weight is 345 g/mol. The molecule has 0 unspecified atom stereocenters. The average Bonchev–Trinajstić information content (AvgIpc) is 3.17. The van der Waals surface area contributed by atoms with E-state index in [1.54, 1.807) is 0 Å². The number of carbonyl (C=O) groups is 2. The zero-order valence-electron chi connectivity index (χ0n) is 14.2. The first-order valence-electron chi connectivity index (χ1n) is 8.94. The zero-order chi connectivity index (χ0) is 17.2. The number of ether oxygens (including phenoxy) is 2. The summed E-state index contributed by atoms with van der Waals surface area (Å²) in [4.78, 5) is 27.6. The summed E-state index contributed by atoms with van der Waals surface area (Å²) in [6, 6.07) is 5.95. The fourth-order valence-electron chi connectivity index (χ4n) is 3.75. The van der Waals surface area contributed by atoms with Gasteiger partial charge in [0.1, 0.15) is 0 Å². The number of amides is 3. The molecule has 0 radical (unpaired) electrons. The third-order valence-electron chi connectivity index (χ3n) is 5.02. The van der Waals surface area contributed by atoms with Crippen LogP contribution < -0.4 is 14.8 Å². The fraction of sp³-hybridized carbons (Fsp3) is 0.556. The van der Waals surface area contributed by atoms with Crippen LogP contribution in [0, 0.1) is 0 Å². The number of urea groups is 1. The molecule has 0 aliphatic carbocycles. The van der Waals surface area contributed by atoms with Crippen molar-refractivity contribution >= 4 is 11.9 Å². The number of benzene rings is 1. The van der Waals surface area contributed by atoms with Gasteiger partial charge in [0.05, 0.1) is 19.8 Å². The van der Waals surface area contributed by atoms with E-state index in [4.69, 9.17) is 9.47 Å². The Bertz CT molecular complexity index is 678. The van der Waals surface area contributed by atoms with Gasteiger partial charge in [0.25, 0.3) is 0 Å². The first-order valence-corrected chi connectivity index (χ1v) is 8.94. The molecule has 7 nitrogen and oxygen atoms in total. The number of carbonyl (C=O) groups excluding carboxylic acids is 2. The van der Waals surface area contributed by atoms with Crippen LogP contribution in [0.3, 0.4) is 0 Å². The number of imide groups is 1. The molecule has 0 aromatic heterocycles. The van der Waals surface area contributed by atoms with E-state index in [1.165, 1.54) is 4.90 Å². The van der Waals surface area contributed by atoms with E-state index in [-0.39, 0.29) is 24.5 Å². The van der Waals surface area contributed by atoms with E-state index in [0.29, 0.717) is 26.3 Å². The van der Waals surface area contributed by atoms with Crippen molar-refractivity contribution in [3.63, 3.8) is 0 Å². The summed E-state index contributed by atoms with van der Waals surface area (Å²) in [7, 11) is 0. The van der Waals surface area contributed by atoms with Gasteiger partial charge in [-0.1, -0.05) is 6.07 Å². The van der Waals surface area contributed by atoms with E-state index in [9.17, 15) is 9.59 Å². The lowest BCUT2D eigenvalue weighted by atomic mass is 10.0. The number of hydrogen-bond donors (Lipinski definition) is 1. The van der Waals surface area contributed by atoms with Gasteiger partial charge >= 0.3 is 6.03 Å². The van der Waals surface area contributed by atoms with E-state index >= 15 is 0 Å². The monoisotopic (exact) mass is 345 g/mol. The summed E-state index contributed by atoms with van der Waals surface area (Å²) in [5.41, 5.74) is 1.14. The summed E-state index contributed by atoms with van der Waals surface area (Å²) in [5.74, 6) is 1.44. The van der Waals surface area contributed by atoms with Crippen molar-refractivity contribution in [2.45, 2.75) is 25.3 Å². The summed E-state index contributed by atoms with van der Waals surface area (Å²) in [6.07, 6.45) is 2.92. The van der Waals surface area contributed by atoms with Crippen molar-refractivity contribution in [2.24, 2.45) is 0 Å². The second-order valence-electron chi connectivity index (χ2n) is 6.66. The van der Waals surface area contributed by atoms with Gasteiger partial charge < -0.3 is 14.8 Å². The lowest BCUT2D eigenvalue weighted by molar-refractivity contribution is -0.129. The molecule has 3 heterocycles. The predicted octanol–water partition coefficient (Wildman–Crippen LogP) is 1.54. The maximum absolute atomic E-state index is 12.4. The Morgan fingerprint density at radius 2 is 2.00 bits per heavy atom. The molecule has 0 spiro atoms. The van der Waals surface area contributed by atoms with Crippen molar-refractivity contribution in [3.05, 3.63) is 23.8 Å². The minimum absolute atomic E-state index is 0.128. The minimum atomic E-state index is -0.281. The number of hydrogen-bond acceptors (Lipinski definition) is 5. The molecule has 0 saturated carbocycles. The SMILES string of the molecule is O=C(CN1CCC[C@@H]1c1ccc2c(c1)OCCCO2)N1CCNC1=O.